The predicted octanol–water partition coefficient (Wildman–Crippen LogP) is 2.86. The van der Waals surface area contributed by atoms with E-state index in [1.165, 1.54) is 0 Å². The average molecular weight is 267 g/mol. The van der Waals surface area contributed by atoms with E-state index >= 15 is 0 Å². The Morgan fingerprint density at radius 1 is 1.40 bits per heavy atom. The molecule has 1 heterocycles. The van der Waals surface area contributed by atoms with Crippen molar-refractivity contribution in [1.29, 1.82) is 5.26 Å². The van der Waals surface area contributed by atoms with Crippen molar-refractivity contribution >= 4 is 0 Å². The third-order valence-corrected chi connectivity index (χ3v) is 3.04. The molecule has 1 atom stereocenters. The summed E-state index contributed by atoms with van der Waals surface area (Å²) in [6, 6.07) is 11.5. The largest absolute Gasteiger partial charge is 0.488 e. The Labute approximate surface area is 118 Å². The van der Waals surface area contributed by atoms with Crippen molar-refractivity contribution in [2.24, 2.45) is 5.73 Å². The molecular weight excluding hydrogens is 250 g/mol. The maximum Gasteiger partial charge on any atom is 0.147 e. The molecular formula is C16H17N3O. The fraction of sp³-hybridized carbons (Fsp3) is 0.250. The van der Waals surface area contributed by atoms with Crippen LogP contribution in [0, 0.1) is 18.3 Å². The van der Waals surface area contributed by atoms with Gasteiger partial charge in [-0.15, -0.1) is 0 Å². The molecule has 0 unspecified atom stereocenters. The van der Waals surface area contributed by atoms with E-state index in [1.54, 1.807) is 12.3 Å². The van der Waals surface area contributed by atoms with Crippen molar-refractivity contribution in [3.63, 3.8) is 0 Å². The predicted molar refractivity (Wildman–Crippen MR) is 77.1 cm³/mol. The zero-order valence-electron chi connectivity index (χ0n) is 11.6. The number of aromatic nitrogens is 1. The highest BCUT2D eigenvalue weighted by atomic mass is 16.5. The van der Waals surface area contributed by atoms with Crippen molar-refractivity contribution in [2.75, 3.05) is 0 Å². The number of aryl methyl sites for hydroxylation is 1. The van der Waals surface area contributed by atoms with Gasteiger partial charge in [0.25, 0.3) is 0 Å². The standard InChI is InChI=1S/C16H17N3O/c1-11-5-6-14(12(2)18)16(8-11)20-10-13-4-3-7-19-15(13)9-17/h3-8,12H,10,18H2,1-2H3/t12-/m1/s1. The molecule has 2 rings (SSSR count). The first-order valence-electron chi connectivity index (χ1n) is 6.44. The summed E-state index contributed by atoms with van der Waals surface area (Å²) in [6.45, 7) is 4.23. The van der Waals surface area contributed by atoms with Crippen LogP contribution in [-0.2, 0) is 6.61 Å². The second kappa shape index (κ2) is 6.18. The van der Waals surface area contributed by atoms with E-state index in [4.69, 9.17) is 15.7 Å². The molecule has 0 saturated heterocycles. The first kappa shape index (κ1) is 14.0. The molecule has 0 saturated carbocycles. The van der Waals surface area contributed by atoms with Crippen molar-refractivity contribution in [1.82, 2.24) is 4.98 Å². The highest BCUT2D eigenvalue weighted by Crippen LogP contribution is 2.26. The first-order valence-corrected chi connectivity index (χ1v) is 6.44. The molecule has 4 nitrogen and oxygen atoms in total. The quantitative estimate of drug-likeness (QED) is 0.924. The molecule has 20 heavy (non-hydrogen) atoms. The van der Waals surface area contributed by atoms with Crippen LogP contribution in [0.2, 0.25) is 0 Å². The summed E-state index contributed by atoms with van der Waals surface area (Å²) in [5, 5.41) is 9.01. The molecule has 0 aliphatic heterocycles. The minimum absolute atomic E-state index is 0.102. The second-order valence-electron chi connectivity index (χ2n) is 4.74. The van der Waals surface area contributed by atoms with Gasteiger partial charge in [0.2, 0.25) is 0 Å². The lowest BCUT2D eigenvalue weighted by Gasteiger charge is -2.15. The number of nitrogens with two attached hydrogens (primary N) is 1. The molecule has 0 aliphatic carbocycles. The smallest absolute Gasteiger partial charge is 0.147 e. The van der Waals surface area contributed by atoms with E-state index < -0.39 is 0 Å². The Bertz CT molecular complexity index is 644. The summed E-state index contributed by atoms with van der Waals surface area (Å²) >= 11 is 0. The number of pyridine rings is 1. The van der Waals surface area contributed by atoms with Crippen LogP contribution in [0.5, 0.6) is 5.75 Å². The van der Waals surface area contributed by atoms with Crippen LogP contribution in [0.4, 0.5) is 0 Å². The van der Waals surface area contributed by atoms with Gasteiger partial charge in [0.15, 0.2) is 0 Å². The Morgan fingerprint density at radius 3 is 2.90 bits per heavy atom. The van der Waals surface area contributed by atoms with E-state index in [0.29, 0.717) is 12.3 Å². The van der Waals surface area contributed by atoms with Gasteiger partial charge in [-0.25, -0.2) is 4.98 Å². The van der Waals surface area contributed by atoms with Crippen molar-refractivity contribution in [3.8, 4) is 11.8 Å². The maximum atomic E-state index is 9.01. The van der Waals surface area contributed by atoms with Crippen LogP contribution in [0.3, 0.4) is 0 Å². The summed E-state index contributed by atoms with van der Waals surface area (Å²) in [4.78, 5) is 4.02. The first-order chi connectivity index (χ1) is 9.61. The van der Waals surface area contributed by atoms with Crippen LogP contribution in [0.25, 0.3) is 0 Å². The van der Waals surface area contributed by atoms with Crippen LogP contribution in [0.15, 0.2) is 36.5 Å². The van der Waals surface area contributed by atoms with E-state index in [-0.39, 0.29) is 6.04 Å². The zero-order valence-corrected chi connectivity index (χ0v) is 11.6. The Morgan fingerprint density at radius 2 is 2.20 bits per heavy atom. The third kappa shape index (κ3) is 3.14. The number of ether oxygens (including phenoxy) is 1. The number of nitriles is 1. The van der Waals surface area contributed by atoms with Gasteiger partial charge >= 0.3 is 0 Å². The molecule has 1 aromatic heterocycles. The summed E-state index contributed by atoms with van der Waals surface area (Å²) in [5.74, 6) is 0.757. The van der Waals surface area contributed by atoms with E-state index in [9.17, 15) is 0 Å². The molecule has 4 heteroatoms. The Kier molecular flexibility index (Phi) is 4.34. The fourth-order valence-electron chi connectivity index (χ4n) is 1.95. The van der Waals surface area contributed by atoms with Crippen molar-refractivity contribution in [3.05, 3.63) is 58.9 Å². The summed E-state index contributed by atoms with van der Waals surface area (Å²) in [5.41, 5.74) is 9.17. The number of hydrogen-bond donors (Lipinski definition) is 1. The highest BCUT2D eigenvalue weighted by Gasteiger charge is 2.10. The molecule has 0 radical (unpaired) electrons. The van der Waals surface area contributed by atoms with E-state index in [1.807, 2.05) is 38.1 Å². The van der Waals surface area contributed by atoms with Gasteiger partial charge in [-0.1, -0.05) is 18.2 Å². The normalized spacial score (nSPS) is 11.7. The lowest BCUT2D eigenvalue weighted by atomic mass is 10.1. The average Bonchev–Trinajstić information content (AvgIpc) is 2.45. The molecule has 0 bridgehead atoms. The minimum Gasteiger partial charge on any atom is -0.488 e. The lowest BCUT2D eigenvalue weighted by Crippen LogP contribution is -2.09. The molecule has 0 aliphatic rings. The van der Waals surface area contributed by atoms with Gasteiger partial charge in [-0.2, -0.15) is 5.26 Å². The number of hydrogen-bond acceptors (Lipinski definition) is 4. The molecule has 102 valence electrons. The van der Waals surface area contributed by atoms with E-state index in [2.05, 4.69) is 11.1 Å². The van der Waals surface area contributed by atoms with Gasteiger partial charge in [0, 0.05) is 23.4 Å². The van der Waals surface area contributed by atoms with Gasteiger partial charge in [-0.05, 0) is 31.5 Å². The molecule has 2 aromatic rings. The molecule has 2 N–H and O–H groups in total. The summed E-state index contributed by atoms with van der Waals surface area (Å²) in [6.07, 6.45) is 1.60. The van der Waals surface area contributed by atoms with Crippen molar-refractivity contribution < 1.29 is 4.74 Å². The topological polar surface area (TPSA) is 71.9 Å². The number of rotatable bonds is 4. The monoisotopic (exact) mass is 267 g/mol. The lowest BCUT2D eigenvalue weighted by molar-refractivity contribution is 0.300. The summed E-state index contributed by atoms with van der Waals surface area (Å²) < 4.78 is 5.84. The maximum absolute atomic E-state index is 9.01. The van der Waals surface area contributed by atoms with E-state index in [0.717, 1.165) is 22.4 Å². The zero-order chi connectivity index (χ0) is 14.5. The van der Waals surface area contributed by atoms with Crippen LogP contribution in [0.1, 0.15) is 35.3 Å². The molecule has 0 fully saturated rings. The van der Waals surface area contributed by atoms with Crippen LogP contribution < -0.4 is 10.5 Å². The molecule has 0 spiro atoms. The fourth-order valence-corrected chi connectivity index (χ4v) is 1.95. The van der Waals surface area contributed by atoms with Crippen molar-refractivity contribution in [2.45, 2.75) is 26.5 Å². The van der Waals surface area contributed by atoms with Crippen LogP contribution in [-0.4, -0.2) is 4.98 Å². The molecule has 0 amide bonds. The van der Waals surface area contributed by atoms with Gasteiger partial charge in [-0.3, -0.25) is 0 Å². The van der Waals surface area contributed by atoms with Gasteiger partial charge in [0.1, 0.15) is 24.1 Å². The highest BCUT2D eigenvalue weighted by molar-refractivity contribution is 5.39. The minimum atomic E-state index is -0.102. The van der Waals surface area contributed by atoms with Crippen LogP contribution >= 0.6 is 0 Å². The molecule has 1 aromatic carbocycles. The SMILES string of the molecule is Cc1ccc([C@@H](C)N)c(OCc2cccnc2C#N)c1. The number of benzene rings is 1. The van der Waals surface area contributed by atoms with Gasteiger partial charge in [0.05, 0.1) is 0 Å². The second-order valence-corrected chi connectivity index (χ2v) is 4.74. The number of nitrogens with zero attached hydrogens (tertiary/aromatic N) is 2. The summed E-state index contributed by atoms with van der Waals surface area (Å²) in [7, 11) is 0. The Balaban J connectivity index is 2.23. The third-order valence-electron chi connectivity index (χ3n) is 3.04. The van der Waals surface area contributed by atoms with Gasteiger partial charge < -0.3 is 10.5 Å². The Hall–Kier alpha value is -2.38.